The van der Waals surface area contributed by atoms with Crippen molar-refractivity contribution in [2.24, 2.45) is 0 Å². The molecular formula is C13H16BrF2NO. The summed E-state index contributed by atoms with van der Waals surface area (Å²) in [7, 11) is 0. The number of halogens is 3. The zero-order valence-electron chi connectivity index (χ0n) is 10.0. The van der Waals surface area contributed by atoms with Crippen LogP contribution in [0, 0.1) is 0 Å². The van der Waals surface area contributed by atoms with Gasteiger partial charge in [0.25, 0.3) is 0 Å². The average molecular weight is 320 g/mol. The van der Waals surface area contributed by atoms with Crippen LogP contribution in [-0.2, 0) is 4.74 Å². The van der Waals surface area contributed by atoms with E-state index in [0.29, 0.717) is 13.2 Å². The van der Waals surface area contributed by atoms with Crippen molar-refractivity contribution in [3.8, 4) is 0 Å². The minimum atomic E-state index is -1.80. The number of morpholine rings is 1. The van der Waals surface area contributed by atoms with Gasteiger partial charge in [0.1, 0.15) is 6.67 Å². The fourth-order valence-electron chi connectivity index (χ4n) is 3.09. The molecule has 0 bridgehead atoms. The zero-order chi connectivity index (χ0) is 12.8. The van der Waals surface area contributed by atoms with Gasteiger partial charge in [-0.1, -0.05) is 28.1 Å². The number of nitrogens with zero attached hydrogens (tertiary/aromatic N) is 1. The molecule has 1 aliphatic carbocycles. The number of allylic oxidation sites excluding steroid dienone is 4. The first kappa shape index (κ1) is 12.6. The van der Waals surface area contributed by atoms with Crippen LogP contribution >= 0.6 is 15.9 Å². The van der Waals surface area contributed by atoms with Gasteiger partial charge >= 0.3 is 0 Å². The Morgan fingerprint density at radius 2 is 2.39 bits per heavy atom. The van der Waals surface area contributed by atoms with Crippen molar-refractivity contribution in [1.82, 2.24) is 4.90 Å². The molecule has 0 spiro atoms. The molecule has 1 saturated heterocycles. The number of hydrogen-bond acceptors (Lipinski definition) is 2. The molecule has 1 fully saturated rings. The van der Waals surface area contributed by atoms with Crippen molar-refractivity contribution in [1.29, 1.82) is 0 Å². The summed E-state index contributed by atoms with van der Waals surface area (Å²) in [4.78, 5) is 2.32. The van der Waals surface area contributed by atoms with Gasteiger partial charge in [-0.15, -0.1) is 0 Å². The maximum atomic E-state index is 14.7. The first-order valence-electron chi connectivity index (χ1n) is 6.27. The molecule has 0 saturated carbocycles. The van der Waals surface area contributed by atoms with Crippen LogP contribution in [0.15, 0.2) is 23.4 Å². The lowest BCUT2D eigenvalue weighted by atomic mass is 9.81. The van der Waals surface area contributed by atoms with Gasteiger partial charge in [0.15, 0.2) is 5.67 Å². The van der Waals surface area contributed by atoms with E-state index in [1.807, 2.05) is 17.1 Å². The Labute approximate surface area is 114 Å². The third kappa shape index (κ3) is 1.92. The second-order valence-corrected chi connectivity index (χ2v) is 6.36. The quantitative estimate of drug-likeness (QED) is 0.689. The fourth-order valence-corrected chi connectivity index (χ4v) is 3.55. The van der Waals surface area contributed by atoms with E-state index in [-0.39, 0.29) is 17.9 Å². The summed E-state index contributed by atoms with van der Waals surface area (Å²) >= 11 is 3.57. The van der Waals surface area contributed by atoms with Crippen LogP contribution in [0.25, 0.3) is 0 Å². The number of alkyl halides is 3. The molecule has 3 atom stereocenters. The Morgan fingerprint density at radius 3 is 3.17 bits per heavy atom. The van der Waals surface area contributed by atoms with Crippen LogP contribution in [0.3, 0.4) is 0 Å². The van der Waals surface area contributed by atoms with E-state index < -0.39 is 18.4 Å². The summed E-state index contributed by atoms with van der Waals surface area (Å²) in [5.41, 5.74) is 0.307. The van der Waals surface area contributed by atoms with Crippen molar-refractivity contribution in [2.75, 3.05) is 26.4 Å². The lowest BCUT2D eigenvalue weighted by Gasteiger charge is -2.50. The van der Waals surface area contributed by atoms with E-state index >= 15 is 0 Å². The van der Waals surface area contributed by atoms with Crippen molar-refractivity contribution < 1.29 is 13.5 Å². The Kier molecular flexibility index (Phi) is 3.22. The first-order chi connectivity index (χ1) is 8.64. The van der Waals surface area contributed by atoms with E-state index in [1.54, 1.807) is 0 Å². The third-order valence-corrected chi connectivity index (χ3v) is 4.67. The van der Waals surface area contributed by atoms with Gasteiger partial charge in [0.2, 0.25) is 0 Å². The smallest absolute Gasteiger partial charge is 0.165 e. The molecule has 5 heteroatoms. The van der Waals surface area contributed by atoms with Gasteiger partial charge in [0, 0.05) is 29.9 Å². The highest BCUT2D eigenvalue weighted by Crippen LogP contribution is 2.43. The Hall–Kier alpha value is -0.420. The zero-order valence-corrected chi connectivity index (χ0v) is 11.6. The summed E-state index contributed by atoms with van der Waals surface area (Å²) in [5, 5.41) is 0. The molecule has 0 N–H and O–H groups in total. The number of hydrogen-bond donors (Lipinski definition) is 0. The second kappa shape index (κ2) is 4.60. The molecule has 0 amide bonds. The van der Waals surface area contributed by atoms with E-state index in [2.05, 4.69) is 15.9 Å². The monoisotopic (exact) mass is 319 g/mol. The molecule has 3 aliphatic rings. The minimum absolute atomic E-state index is 0.166. The predicted octanol–water partition coefficient (Wildman–Crippen LogP) is 2.75. The van der Waals surface area contributed by atoms with E-state index in [4.69, 9.17) is 4.74 Å². The maximum absolute atomic E-state index is 14.7. The topological polar surface area (TPSA) is 12.5 Å². The van der Waals surface area contributed by atoms with Gasteiger partial charge in [-0.2, -0.15) is 0 Å². The molecule has 0 aromatic rings. The summed E-state index contributed by atoms with van der Waals surface area (Å²) in [6.07, 6.45) is 4.97. The highest BCUT2D eigenvalue weighted by molar-refractivity contribution is 9.09. The highest BCUT2D eigenvalue weighted by Gasteiger charge is 2.49. The molecule has 0 aromatic carbocycles. The molecular weight excluding hydrogens is 304 g/mol. The highest BCUT2D eigenvalue weighted by atomic mass is 79.9. The SMILES string of the molecule is FCC1(F)CC2=C(CC(Br)C=C2)N2CCOCC21. The summed E-state index contributed by atoms with van der Waals surface area (Å²) in [6.45, 7) is 0.586. The summed E-state index contributed by atoms with van der Waals surface area (Å²) < 4.78 is 33.2. The Bertz CT molecular complexity index is 412. The maximum Gasteiger partial charge on any atom is 0.165 e. The van der Waals surface area contributed by atoms with Gasteiger partial charge in [-0.05, 0) is 5.57 Å². The van der Waals surface area contributed by atoms with Crippen molar-refractivity contribution >= 4 is 15.9 Å². The normalized spacial score (nSPS) is 39.6. The van der Waals surface area contributed by atoms with Crippen LogP contribution in [0.5, 0.6) is 0 Å². The van der Waals surface area contributed by atoms with Crippen molar-refractivity contribution in [2.45, 2.75) is 29.4 Å². The van der Waals surface area contributed by atoms with Crippen LogP contribution in [-0.4, -0.2) is 47.9 Å². The van der Waals surface area contributed by atoms with E-state index in [1.165, 1.54) is 0 Å². The molecule has 3 rings (SSSR count). The minimum Gasteiger partial charge on any atom is -0.377 e. The van der Waals surface area contributed by atoms with Crippen LogP contribution < -0.4 is 0 Å². The summed E-state index contributed by atoms with van der Waals surface area (Å²) in [5.74, 6) is 0. The molecule has 3 unspecified atom stereocenters. The predicted molar refractivity (Wildman–Crippen MR) is 69.2 cm³/mol. The number of fused-ring (bicyclic) bond motifs is 2. The Balaban J connectivity index is 1.99. The Morgan fingerprint density at radius 1 is 1.56 bits per heavy atom. The largest absolute Gasteiger partial charge is 0.377 e. The molecule has 0 radical (unpaired) electrons. The van der Waals surface area contributed by atoms with E-state index in [0.717, 1.165) is 17.7 Å². The lowest BCUT2D eigenvalue weighted by molar-refractivity contribution is -0.0793. The van der Waals surface area contributed by atoms with Gasteiger partial charge in [0.05, 0.1) is 19.3 Å². The first-order valence-corrected chi connectivity index (χ1v) is 7.19. The standard InChI is InChI=1S/C13H16BrF2NO/c14-10-2-1-9-6-13(16,8-15)12-7-18-4-3-17(12)11(9)5-10/h1-2,10,12H,3-8H2. The molecule has 2 nitrogen and oxygen atoms in total. The third-order valence-electron chi connectivity index (χ3n) is 4.04. The molecule has 2 aliphatic heterocycles. The second-order valence-electron chi connectivity index (χ2n) is 5.18. The van der Waals surface area contributed by atoms with Crippen molar-refractivity contribution in [3.63, 3.8) is 0 Å². The van der Waals surface area contributed by atoms with E-state index in [9.17, 15) is 8.78 Å². The molecule has 2 heterocycles. The van der Waals surface area contributed by atoms with Crippen molar-refractivity contribution in [3.05, 3.63) is 23.4 Å². The summed E-state index contributed by atoms with van der Waals surface area (Å²) in [6, 6.07) is -0.471. The average Bonchev–Trinajstić information content (AvgIpc) is 2.40. The van der Waals surface area contributed by atoms with Gasteiger partial charge < -0.3 is 9.64 Å². The van der Waals surface area contributed by atoms with Gasteiger partial charge in [-0.25, -0.2) is 8.78 Å². The molecule has 18 heavy (non-hydrogen) atoms. The number of rotatable bonds is 1. The number of ether oxygens (including phenoxy) is 1. The van der Waals surface area contributed by atoms with Gasteiger partial charge in [-0.3, -0.25) is 0 Å². The van der Waals surface area contributed by atoms with Crippen LogP contribution in [0.4, 0.5) is 8.78 Å². The van der Waals surface area contributed by atoms with Crippen LogP contribution in [0.2, 0.25) is 0 Å². The fraction of sp³-hybridized carbons (Fsp3) is 0.692. The molecule has 100 valence electrons. The molecule has 0 aromatic heterocycles. The lowest BCUT2D eigenvalue weighted by Crippen LogP contribution is -2.60. The van der Waals surface area contributed by atoms with Crippen LogP contribution in [0.1, 0.15) is 12.8 Å².